The SMILES string of the molecule is CON(C)C(=O)c1cnc2nc(C)ccc2c1Nc1cc(C)ccc1Sc1ccccc1. The molecule has 2 aromatic heterocycles. The second-order valence-corrected chi connectivity index (χ2v) is 8.51. The van der Waals surface area contributed by atoms with E-state index in [1.165, 1.54) is 12.2 Å². The lowest BCUT2D eigenvalue weighted by Crippen LogP contribution is -2.26. The second-order valence-electron chi connectivity index (χ2n) is 7.40. The molecule has 0 radical (unpaired) electrons. The van der Waals surface area contributed by atoms with E-state index in [0.29, 0.717) is 16.9 Å². The lowest BCUT2D eigenvalue weighted by atomic mass is 10.1. The number of anilines is 2. The van der Waals surface area contributed by atoms with Gasteiger partial charge in [-0.2, -0.15) is 0 Å². The fourth-order valence-corrected chi connectivity index (χ4v) is 4.21. The highest BCUT2D eigenvalue weighted by molar-refractivity contribution is 7.99. The van der Waals surface area contributed by atoms with E-state index >= 15 is 0 Å². The molecule has 0 fully saturated rings. The highest BCUT2D eigenvalue weighted by atomic mass is 32.2. The van der Waals surface area contributed by atoms with E-state index in [9.17, 15) is 4.79 Å². The molecule has 1 amide bonds. The predicted molar refractivity (Wildman–Crippen MR) is 128 cm³/mol. The fourth-order valence-electron chi connectivity index (χ4n) is 3.30. The number of rotatable bonds is 6. The highest BCUT2D eigenvalue weighted by Crippen LogP contribution is 2.37. The van der Waals surface area contributed by atoms with Crippen molar-refractivity contribution in [3.8, 4) is 0 Å². The number of carbonyl (C=O) groups is 1. The molecular formula is C25H24N4O2S. The zero-order chi connectivity index (χ0) is 22.7. The van der Waals surface area contributed by atoms with Crippen molar-refractivity contribution in [3.05, 3.63) is 83.7 Å². The van der Waals surface area contributed by atoms with Crippen LogP contribution in [0.1, 0.15) is 21.6 Å². The third-order valence-corrected chi connectivity index (χ3v) is 6.11. The molecule has 0 saturated heterocycles. The molecule has 6 nitrogen and oxygen atoms in total. The zero-order valence-corrected chi connectivity index (χ0v) is 19.2. The monoisotopic (exact) mass is 444 g/mol. The van der Waals surface area contributed by atoms with Gasteiger partial charge in [0.1, 0.15) is 0 Å². The number of aryl methyl sites for hydroxylation is 2. The molecular weight excluding hydrogens is 420 g/mol. The van der Waals surface area contributed by atoms with Gasteiger partial charge in [-0.05, 0) is 55.8 Å². The molecule has 0 bridgehead atoms. The fraction of sp³-hybridized carbons (Fsp3) is 0.160. The summed E-state index contributed by atoms with van der Waals surface area (Å²) in [5.74, 6) is -0.296. The van der Waals surface area contributed by atoms with Gasteiger partial charge < -0.3 is 5.32 Å². The van der Waals surface area contributed by atoms with Crippen molar-refractivity contribution in [2.24, 2.45) is 0 Å². The number of hydrogen-bond acceptors (Lipinski definition) is 6. The first-order chi connectivity index (χ1) is 15.5. The first-order valence-corrected chi connectivity index (χ1v) is 11.0. The van der Waals surface area contributed by atoms with Crippen LogP contribution in [0.4, 0.5) is 11.4 Å². The van der Waals surface area contributed by atoms with Crippen molar-refractivity contribution >= 4 is 40.1 Å². The number of pyridine rings is 2. The van der Waals surface area contributed by atoms with Crippen LogP contribution in [0.2, 0.25) is 0 Å². The summed E-state index contributed by atoms with van der Waals surface area (Å²) in [4.78, 5) is 29.3. The number of hydroxylamine groups is 2. The quantitative estimate of drug-likeness (QED) is 0.381. The molecule has 0 aliphatic carbocycles. The van der Waals surface area contributed by atoms with Gasteiger partial charge in [-0.15, -0.1) is 0 Å². The molecule has 2 aromatic carbocycles. The average Bonchev–Trinajstić information content (AvgIpc) is 2.80. The van der Waals surface area contributed by atoms with Gasteiger partial charge in [-0.1, -0.05) is 36.0 Å². The van der Waals surface area contributed by atoms with Gasteiger partial charge in [-0.25, -0.2) is 15.0 Å². The summed E-state index contributed by atoms with van der Waals surface area (Å²) in [6.07, 6.45) is 1.55. The largest absolute Gasteiger partial charge is 0.353 e. The first-order valence-electron chi connectivity index (χ1n) is 10.2. The standard InChI is InChI=1S/C25H24N4O2S/c1-16-10-13-22(32-18-8-6-5-7-9-18)21(14-16)28-23-19-12-11-17(2)27-24(19)26-15-20(23)25(30)29(3)31-4/h5-15H,1-4H3,(H,26,27,28). The molecule has 1 N–H and O–H groups in total. The summed E-state index contributed by atoms with van der Waals surface area (Å²) in [7, 11) is 3.03. The van der Waals surface area contributed by atoms with E-state index in [1.807, 2.05) is 44.2 Å². The minimum Gasteiger partial charge on any atom is -0.353 e. The summed E-state index contributed by atoms with van der Waals surface area (Å²) in [6, 6.07) is 20.3. The van der Waals surface area contributed by atoms with E-state index in [4.69, 9.17) is 4.84 Å². The van der Waals surface area contributed by atoms with Crippen LogP contribution in [0.15, 0.2) is 76.7 Å². The molecule has 162 valence electrons. The number of aromatic nitrogens is 2. The summed E-state index contributed by atoms with van der Waals surface area (Å²) in [5, 5.41) is 5.47. The Bertz CT molecular complexity index is 1280. The maximum atomic E-state index is 13.0. The topological polar surface area (TPSA) is 67.3 Å². The van der Waals surface area contributed by atoms with Crippen LogP contribution in [0.5, 0.6) is 0 Å². The van der Waals surface area contributed by atoms with Crippen LogP contribution in [0, 0.1) is 13.8 Å². The predicted octanol–water partition coefficient (Wildman–Crippen LogP) is 5.77. The highest BCUT2D eigenvalue weighted by Gasteiger charge is 2.21. The number of carbonyl (C=O) groups excluding carboxylic acids is 1. The Morgan fingerprint density at radius 3 is 2.59 bits per heavy atom. The van der Waals surface area contributed by atoms with E-state index in [1.54, 1.807) is 25.0 Å². The number of hydrogen-bond donors (Lipinski definition) is 1. The number of nitrogens with zero attached hydrogens (tertiary/aromatic N) is 3. The first kappa shape index (κ1) is 21.8. The van der Waals surface area contributed by atoms with Gasteiger partial charge in [0.25, 0.3) is 5.91 Å². The van der Waals surface area contributed by atoms with Crippen molar-refractivity contribution in [1.29, 1.82) is 0 Å². The summed E-state index contributed by atoms with van der Waals surface area (Å²) in [6.45, 7) is 3.96. The van der Waals surface area contributed by atoms with E-state index in [2.05, 4.69) is 45.6 Å². The van der Waals surface area contributed by atoms with Crippen molar-refractivity contribution in [2.45, 2.75) is 23.6 Å². The van der Waals surface area contributed by atoms with E-state index < -0.39 is 0 Å². The van der Waals surface area contributed by atoms with Crippen LogP contribution in [-0.4, -0.2) is 35.1 Å². The number of benzene rings is 2. The molecule has 2 heterocycles. The van der Waals surface area contributed by atoms with Crippen molar-refractivity contribution in [2.75, 3.05) is 19.5 Å². The minimum absolute atomic E-state index is 0.296. The van der Waals surface area contributed by atoms with Gasteiger partial charge in [0.2, 0.25) is 0 Å². The van der Waals surface area contributed by atoms with E-state index in [0.717, 1.165) is 32.1 Å². The molecule has 4 aromatic rings. The lowest BCUT2D eigenvalue weighted by molar-refractivity contribution is -0.0756. The van der Waals surface area contributed by atoms with Crippen LogP contribution in [0.3, 0.4) is 0 Å². The third-order valence-electron chi connectivity index (χ3n) is 5.02. The smallest absolute Gasteiger partial charge is 0.280 e. The Labute approximate surface area is 191 Å². The Balaban J connectivity index is 1.85. The van der Waals surface area contributed by atoms with Crippen LogP contribution in [-0.2, 0) is 4.84 Å². The minimum atomic E-state index is -0.296. The molecule has 7 heteroatoms. The molecule has 4 rings (SSSR count). The molecule has 0 unspecified atom stereocenters. The maximum absolute atomic E-state index is 13.0. The maximum Gasteiger partial charge on any atom is 0.280 e. The molecule has 32 heavy (non-hydrogen) atoms. The zero-order valence-electron chi connectivity index (χ0n) is 18.4. The second kappa shape index (κ2) is 9.38. The van der Waals surface area contributed by atoms with Crippen molar-refractivity contribution in [1.82, 2.24) is 15.0 Å². The van der Waals surface area contributed by atoms with Crippen molar-refractivity contribution < 1.29 is 9.63 Å². The summed E-state index contributed by atoms with van der Waals surface area (Å²) >= 11 is 1.66. The Morgan fingerprint density at radius 2 is 1.84 bits per heavy atom. The summed E-state index contributed by atoms with van der Waals surface area (Å²) < 4.78 is 0. The molecule has 0 spiro atoms. The van der Waals surface area contributed by atoms with Gasteiger partial charge >= 0.3 is 0 Å². The molecule has 0 aliphatic rings. The van der Waals surface area contributed by atoms with Gasteiger partial charge in [0.15, 0.2) is 5.65 Å². The number of amides is 1. The van der Waals surface area contributed by atoms with Gasteiger partial charge in [0.05, 0.1) is 24.0 Å². The summed E-state index contributed by atoms with van der Waals surface area (Å²) in [5.41, 5.74) is 4.51. The Hall–Kier alpha value is -3.42. The number of nitrogens with one attached hydrogen (secondary N) is 1. The average molecular weight is 445 g/mol. The van der Waals surface area contributed by atoms with Gasteiger partial charge in [-0.3, -0.25) is 9.63 Å². The third kappa shape index (κ3) is 4.59. The van der Waals surface area contributed by atoms with Gasteiger partial charge in [0, 0.05) is 34.1 Å². The molecule has 0 aliphatic heterocycles. The van der Waals surface area contributed by atoms with E-state index in [-0.39, 0.29) is 5.91 Å². The number of fused-ring (bicyclic) bond motifs is 1. The van der Waals surface area contributed by atoms with Crippen LogP contribution < -0.4 is 5.32 Å². The molecule has 0 saturated carbocycles. The van der Waals surface area contributed by atoms with Crippen LogP contribution >= 0.6 is 11.8 Å². The van der Waals surface area contributed by atoms with Crippen molar-refractivity contribution in [3.63, 3.8) is 0 Å². The Kier molecular flexibility index (Phi) is 6.39. The normalized spacial score (nSPS) is 10.9. The Morgan fingerprint density at radius 1 is 1.06 bits per heavy atom. The lowest BCUT2D eigenvalue weighted by Gasteiger charge is -2.20. The van der Waals surface area contributed by atoms with Crippen LogP contribution in [0.25, 0.3) is 11.0 Å². The molecule has 0 atom stereocenters.